The molecule has 0 amide bonds. The van der Waals surface area contributed by atoms with Crippen molar-refractivity contribution in [3.8, 4) is 0 Å². The zero-order chi connectivity index (χ0) is 13.3. The minimum atomic E-state index is -0.592. The molecule has 102 valence electrons. The van der Waals surface area contributed by atoms with Crippen LogP contribution in [0.1, 0.15) is 38.1 Å². The first-order chi connectivity index (χ1) is 8.48. The lowest BCUT2D eigenvalue weighted by Crippen LogP contribution is -2.44. The molecule has 1 aliphatic heterocycles. The zero-order valence-electron chi connectivity index (χ0n) is 11.2. The molecule has 2 heterocycles. The van der Waals surface area contributed by atoms with Crippen LogP contribution in [-0.4, -0.2) is 31.5 Å². The molecule has 5 heteroatoms. The maximum absolute atomic E-state index is 10.9. The topological polar surface area (TPSA) is 38.0 Å². The normalized spacial score (nSPS) is 28.6. The predicted octanol–water partition coefficient (Wildman–Crippen LogP) is 3.16. The largest absolute Gasteiger partial charge is 0.388 e. The number of aliphatic hydroxyl groups is 1. The highest BCUT2D eigenvalue weighted by Crippen LogP contribution is 2.37. The van der Waals surface area contributed by atoms with E-state index in [1.54, 1.807) is 0 Å². The third-order valence-corrected chi connectivity index (χ3v) is 6.30. The second-order valence-corrected chi connectivity index (χ2v) is 7.30. The summed E-state index contributed by atoms with van der Waals surface area (Å²) < 4.78 is 3.06. The molecule has 0 spiro atoms. The minimum Gasteiger partial charge on any atom is -0.388 e. The van der Waals surface area contributed by atoms with Crippen LogP contribution < -0.4 is 0 Å². The molecular formula is C13H21BrN2OS. The molecule has 1 aliphatic rings. The van der Waals surface area contributed by atoms with Gasteiger partial charge in [0, 0.05) is 18.2 Å². The van der Waals surface area contributed by atoms with Crippen molar-refractivity contribution >= 4 is 27.7 Å². The Hall–Kier alpha value is -0.0000000000000000555. The molecule has 2 atom stereocenters. The molecule has 0 saturated carbocycles. The number of aryl methyl sites for hydroxylation is 2. The van der Waals surface area contributed by atoms with E-state index in [0.717, 1.165) is 41.0 Å². The number of hydrogen-bond donors (Lipinski definition) is 1. The van der Waals surface area contributed by atoms with Crippen molar-refractivity contribution in [2.75, 3.05) is 5.75 Å². The van der Waals surface area contributed by atoms with E-state index in [1.807, 2.05) is 23.4 Å². The summed E-state index contributed by atoms with van der Waals surface area (Å²) in [5.74, 6) is 1.16. The van der Waals surface area contributed by atoms with Gasteiger partial charge in [-0.3, -0.25) is 4.68 Å². The van der Waals surface area contributed by atoms with Gasteiger partial charge in [0.15, 0.2) is 0 Å². The predicted molar refractivity (Wildman–Crippen MR) is 80.1 cm³/mol. The maximum Gasteiger partial charge on any atom is 0.0818 e. The lowest BCUT2D eigenvalue weighted by atomic mass is 9.88. The van der Waals surface area contributed by atoms with Gasteiger partial charge in [-0.1, -0.05) is 6.92 Å². The molecular weight excluding hydrogens is 312 g/mol. The first-order valence-corrected chi connectivity index (χ1v) is 8.38. The highest BCUT2D eigenvalue weighted by Gasteiger charge is 2.38. The monoisotopic (exact) mass is 332 g/mol. The molecule has 0 aromatic carbocycles. The van der Waals surface area contributed by atoms with Crippen LogP contribution in [0.2, 0.25) is 0 Å². The number of halogens is 1. The van der Waals surface area contributed by atoms with Crippen LogP contribution >= 0.6 is 27.7 Å². The van der Waals surface area contributed by atoms with E-state index in [1.165, 1.54) is 0 Å². The van der Waals surface area contributed by atoms with Gasteiger partial charge in [-0.15, -0.1) is 0 Å². The fraction of sp³-hybridized carbons (Fsp3) is 0.769. The van der Waals surface area contributed by atoms with Crippen molar-refractivity contribution in [1.82, 2.24) is 9.78 Å². The summed E-state index contributed by atoms with van der Waals surface area (Å²) in [4.78, 5) is 0. The first kappa shape index (κ1) is 14.4. The summed E-state index contributed by atoms with van der Waals surface area (Å²) in [7, 11) is 0. The second-order valence-electron chi connectivity index (χ2n) is 5.06. The fourth-order valence-corrected chi connectivity index (χ4v) is 4.16. The molecule has 1 aromatic heterocycles. The molecule has 0 radical (unpaired) electrons. The van der Waals surface area contributed by atoms with Gasteiger partial charge in [0.1, 0.15) is 0 Å². The molecule has 0 aliphatic carbocycles. The zero-order valence-corrected chi connectivity index (χ0v) is 13.6. The number of nitrogens with zero attached hydrogens (tertiary/aromatic N) is 2. The molecule has 1 fully saturated rings. The third-order valence-electron chi connectivity index (χ3n) is 3.80. The molecule has 0 bridgehead atoms. The third kappa shape index (κ3) is 2.63. The Morgan fingerprint density at radius 3 is 2.94 bits per heavy atom. The minimum absolute atomic E-state index is 0.290. The van der Waals surface area contributed by atoms with E-state index in [2.05, 4.69) is 34.9 Å². The second kappa shape index (κ2) is 5.55. The van der Waals surface area contributed by atoms with Gasteiger partial charge in [0.25, 0.3) is 0 Å². The summed E-state index contributed by atoms with van der Waals surface area (Å²) in [5.41, 5.74) is 1.54. The standard InChI is InChI=1S/C13H21BrN2OS/c1-4-16-11(12(14)9(2)15-16)8-13(17)6-5-7-18-10(13)3/h10,17H,4-8H2,1-3H3. The summed E-state index contributed by atoms with van der Waals surface area (Å²) in [5, 5.41) is 15.7. The van der Waals surface area contributed by atoms with E-state index in [4.69, 9.17) is 0 Å². The molecule has 18 heavy (non-hydrogen) atoms. The lowest BCUT2D eigenvalue weighted by Gasteiger charge is -2.37. The Morgan fingerprint density at radius 1 is 1.61 bits per heavy atom. The summed E-state index contributed by atoms with van der Waals surface area (Å²) >= 11 is 5.49. The highest BCUT2D eigenvalue weighted by atomic mass is 79.9. The Labute approximate surface area is 121 Å². The van der Waals surface area contributed by atoms with Crippen molar-refractivity contribution in [2.24, 2.45) is 0 Å². The first-order valence-electron chi connectivity index (χ1n) is 6.53. The van der Waals surface area contributed by atoms with Crippen LogP contribution in [0, 0.1) is 6.92 Å². The van der Waals surface area contributed by atoms with Crippen LogP contribution in [-0.2, 0) is 13.0 Å². The molecule has 1 saturated heterocycles. The van der Waals surface area contributed by atoms with Crippen molar-refractivity contribution in [3.05, 3.63) is 15.9 Å². The average Bonchev–Trinajstić information content (AvgIpc) is 2.61. The van der Waals surface area contributed by atoms with Gasteiger partial charge in [0.05, 0.1) is 21.5 Å². The highest BCUT2D eigenvalue weighted by molar-refractivity contribution is 9.10. The Balaban J connectivity index is 2.27. The molecule has 1 N–H and O–H groups in total. The van der Waals surface area contributed by atoms with Crippen LogP contribution in [0.25, 0.3) is 0 Å². The fourth-order valence-electron chi connectivity index (χ4n) is 2.56. The van der Waals surface area contributed by atoms with E-state index in [0.29, 0.717) is 11.7 Å². The van der Waals surface area contributed by atoms with E-state index in [9.17, 15) is 5.11 Å². The Bertz CT molecular complexity index is 435. The van der Waals surface area contributed by atoms with Gasteiger partial charge in [0.2, 0.25) is 0 Å². The number of thioether (sulfide) groups is 1. The smallest absolute Gasteiger partial charge is 0.0818 e. The summed E-state index contributed by atoms with van der Waals surface area (Å²) in [6.45, 7) is 7.07. The molecule has 1 aromatic rings. The van der Waals surface area contributed by atoms with Gasteiger partial charge in [-0.05, 0) is 48.4 Å². The van der Waals surface area contributed by atoms with Crippen molar-refractivity contribution < 1.29 is 5.11 Å². The van der Waals surface area contributed by atoms with Crippen LogP contribution in [0.5, 0.6) is 0 Å². The summed E-state index contributed by atoms with van der Waals surface area (Å²) in [6.07, 6.45) is 2.68. The van der Waals surface area contributed by atoms with E-state index >= 15 is 0 Å². The maximum atomic E-state index is 10.9. The van der Waals surface area contributed by atoms with Gasteiger partial charge in [-0.25, -0.2) is 0 Å². The van der Waals surface area contributed by atoms with E-state index < -0.39 is 5.60 Å². The quantitative estimate of drug-likeness (QED) is 0.923. The number of hydrogen-bond acceptors (Lipinski definition) is 3. The SMILES string of the molecule is CCn1nc(C)c(Br)c1CC1(O)CCCSC1C. The van der Waals surface area contributed by atoms with Crippen LogP contribution in [0.15, 0.2) is 4.47 Å². The molecule has 3 nitrogen and oxygen atoms in total. The van der Waals surface area contributed by atoms with Gasteiger partial charge >= 0.3 is 0 Å². The van der Waals surface area contributed by atoms with Gasteiger partial charge < -0.3 is 5.11 Å². The van der Waals surface area contributed by atoms with Crippen LogP contribution in [0.4, 0.5) is 0 Å². The number of aromatic nitrogens is 2. The van der Waals surface area contributed by atoms with Crippen LogP contribution in [0.3, 0.4) is 0 Å². The van der Waals surface area contributed by atoms with Crippen molar-refractivity contribution in [1.29, 1.82) is 0 Å². The van der Waals surface area contributed by atoms with E-state index in [-0.39, 0.29) is 0 Å². The number of rotatable bonds is 3. The Kier molecular flexibility index (Phi) is 4.44. The molecule has 2 rings (SSSR count). The van der Waals surface area contributed by atoms with Gasteiger partial charge in [-0.2, -0.15) is 16.9 Å². The molecule has 2 unspecified atom stereocenters. The Morgan fingerprint density at radius 2 is 2.33 bits per heavy atom. The lowest BCUT2D eigenvalue weighted by molar-refractivity contribution is 0.0277. The van der Waals surface area contributed by atoms with Crippen molar-refractivity contribution in [3.63, 3.8) is 0 Å². The van der Waals surface area contributed by atoms with Crippen molar-refractivity contribution in [2.45, 2.75) is 57.4 Å². The summed E-state index contributed by atoms with van der Waals surface area (Å²) in [6, 6.07) is 0. The average molecular weight is 333 g/mol.